The lowest BCUT2D eigenvalue weighted by atomic mass is 9.59. The number of phenolic OH excluding ortho intramolecular Hbond substituents is 1. The van der Waals surface area contributed by atoms with Crippen LogP contribution in [0, 0.1) is 5.92 Å². The minimum absolute atomic E-state index is 0.207. The first kappa shape index (κ1) is 14.6. The molecule has 0 radical (unpaired) electrons. The third kappa shape index (κ3) is 2.40. The van der Waals surface area contributed by atoms with Crippen LogP contribution in [0.1, 0.15) is 45.2 Å². The summed E-state index contributed by atoms with van der Waals surface area (Å²) in [4.78, 5) is 2.65. The third-order valence-corrected chi connectivity index (χ3v) is 5.84. The predicted molar refractivity (Wildman–Crippen MR) is 87.7 cm³/mol. The lowest BCUT2D eigenvalue weighted by molar-refractivity contribution is 0.0397. The Balaban J connectivity index is 1.96. The van der Waals surface area contributed by atoms with Gasteiger partial charge in [0, 0.05) is 12.6 Å². The topological polar surface area (TPSA) is 23.5 Å². The van der Waals surface area contributed by atoms with Gasteiger partial charge in [-0.25, -0.2) is 0 Å². The Labute approximate surface area is 128 Å². The van der Waals surface area contributed by atoms with Crippen LogP contribution in [0.25, 0.3) is 0 Å². The molecule has 1 N–H and O–H groups in total. The van der Waals surface area contributed by atoms with Crippen molar-refractivity contribution < 1.29 is 5.11 Å². The van der Waals surface area contributed by atoms with Gasteiger partial charge in [-0.15, -0.1) is 0 Å². The van der Waals surface area contributed by atoms with Gasteiger partial charge in [0.15, 0.2) is 0 Å². The van der Waals surface area contributed by atoms with Gasteiger partial charge in [-0.2, -0.15) is 0 Å². The zero-order chi connectivity index (χ0) is 15.2. The molecule has 2 heteroatoms. The molecule has 1 fully saturated rings. The molecule has 1 unspecified atom stereocenters. The van der Waals surface area contributed by atoms with Gasteiger partial charge in [-0.05, 0) is 67.8 Å². The highest BCUT2D eigenvalue weighted by molar-refractivity contribution is 5.44. The summed E-state index contributed by atoms with van der Waals surface area (Å²) in [7, 11) is 0. The molecule has 0 spiro atoms. The number of allylic oxidation sites excluding steroid dienone is 1. The molecule has 1 aromatic carbocycles. The first-order chi connectivity index (χ1) is 9.91. The zero-order valence-corrected chi connectivity index (χ0v) is 13.7. The first-order valence-corrected chi connectivity index (χ1v) is 8.11. The highest BCUT2D eigenvalue weighted by atomic mass is 16.3. The summed E-state index contributed by atoms with van der Waals surface area (Å²) >= 11 is 0. The fourth-order valence-corrected chi connectivity index (χ4v) is 4.22. The molecule has 1 aromatic rings. The van der Waals surface area contributed by atoms with E-state index in [4.69, 9.17) is 0 Å². The fourth-order valence-electron chi connectivity index (χ4n) is 4.22. The molecule has 1 saturated heterocycles. The molecule has 21 heavy (non-hydrogen) atoms. The van der Waals surface area contributed by atoms with E-state index in [9.17, 15) is 5.11 Å². The predicted octanol–water partition coefficient (Wildman–Crippen LogP) is 3.88. The van der Waals surface area contributed by atoms with Gasteiger partial charge in [-0.1, -0.05) is 31.6 Å². The number of phenols is 1. The van der Waals surface area contributed by atoms with Crippen LogP contribution in [-0.2, 0) is 11.8 Å². The van der Waals surface area contributed by atoms with Crippen LogP contribution in [0.2, 0.25) is 0 Å². The lowest BCUT2D eigenvalue weighted by Crippen LogP contribution is -2.57. The van der Waals surface area contributed by atoms with Crippen LogP contribution < -0.4 is 0 Å². The van der Waals surface area contributed by atoms with Crippen LogP contribution in [-0.4, -0.2) is 29.1 Å². The van der Waals surface area contributed by atoms with Gasteiger partial charge in [0.2, 0.25) is 0 Å². The standard InChI is InChI=1S/C19H27NO/c1-13(2)7-9-20-10-8-19(4)14(3)18(20)11-15-5-6-16(21)12-17(15)19/h5-7,12,14,18,21H,8-11H2,1-4H3/t14?,18-,19+/m0/s1. The summed E-state index contributed by atoms with van der Waals surface area (Å²) in [5, 5.41) is 9.87. The van der Waals surface area contributed by atoms with Gasteiger partial charge in [0.25, 0.3) is 0 Å². The highest BCUT2D eigenvalue weighted by Gasteiger charge is 2.48. The number of rotatable bonds is 2. The van der Waals surface area contributed by atoms with E-state index in [1.165, 1.54) is 23.1 Å². The third-order valence-electron chi connectivity index (χ3n) is 5.84. The van der Waals surface area contributed by atoms with Crippen molar-refractivity contribution in [3.8, 4) is 5.75 Å². The smallest absolute Gasteiger partial charge is 0.115 e. The maximum atomic E-state index is 9.87. The van der Waals surface area contributed by atoms with Crippen LogP contribution in [0.3, 0.4) is 0 Å². The molecule has 2 bridgehead atoms. The van der Waals surface area contributed by atoms with E-state index in [0.29, 0.717) is 17.7 Å². The Hall–Kier alpha value is -1.28. The molecule has 1 aliphatic carbocycles. The molecule has 1 aliphatic heterocycles. The first-order valence-electron chi connectivity index (χ1n) is 8.11. The van der Waals surface area contributed by atoms with E-state index in [2.05, 4.69) is 44.7 Å². The molecule has 0 aromatic heterocycles. The van der Waals surface area contributed by atoms with Crippen LogP contribution >= 0.6 is 0 Å². The van der Waals surface area contributed by atoms with Gasteiger partial charge in [0.05, 0.1) is 0 Å². The van der Waals surface area contributed by atoms with E-state index in [-0.39, 0.29) is 5.41 Å². The Morgan fingerprint density at radius 2 is 2.19 bits per heavy atom. The van der Waals surface area contributed by atoms with Crippen molar-refractivity contribution in [3.05, 3.63) is 41.0 Å². The molecule has 0 saturated carbocycles. The van der Waals surface area contributed by atoms with Crippen molar-refractivity contribution in [3.63, 3.8) is 0 Å². The number of hydrogen-bond acceptors (Lipinski definition) is 2. The Bertz CT molecular complexity index is 573. The maximum absolute atomic E-state index is 9.87. The number of piperidine rings is 1. The number of nitrogens with zero attached hydrogens (tertiary/aromatic N) is 1. The lowest BCUT2D eigenvalue weighted by Gasteiger charge is -2.54. The maximum Gasteiger partial charge on any atom is 0.115 e. The minimum atomic E-state index is 0.207. The van der Waals surface area contributed by atoms with Crippen molar-refractivity contribution >= 4 is 0 Å². The molecule has 114 valence electrons. The van der Waals surface area contributed by atoms with E-state index in [1.54, 1.807) is 0 Å². The second-order valence-electron chi connectivity index (χ2n) is 7.35. The quantitative estimate of drug-likeness (QED) is 0.834. The SMILES string of the molecule is CC(C)=CCN1CC[C@@]2(C)c3cc(O)ccc3C[C@H]1C2C. The minimum Gasteiger partial charge on any atom is -0.508 e. The van der Waals surface area contributed by atoms with Crippen LogP contribution in [0.15, 0.2) is 29.8 Å². The zero-order valence-electron chi connectivity index (χ0n) is 13.7. The molecule has 1 heterocycles. The second kappa shape index (κ2) is 5.17. The summed E-state index contributed by atoms with van der Waals surface area (Å²) in [5.74, 6) is 1.04. The van der Waals surface area contributed by atoms with Crippen molar-refractivity contribution in [2.75, 3.05) is 13.1 Å². The van der Waals surface area contributed by atoms with Crippen LogP contribution in [0.4, 0.5) is 0 Å². The van der Waals surface area contributed by atoms with Gasteiger partial charge >= 0.3 is 0 Å². The van der Waals surface area contributed by atoms with E-state index < -0.39 is 0 Å². The van der Waals surface area contributed by atoms with Crippen molar-refractivity contribution in [2.45, 2.75) is 52.0 Å². The number of hydrogen-bond donors (Lipinski definition) is 1. The van der Waals surface area contributed by atoms with Crippen molar-refractivity contribution in [1.29, 1.82) is 0 Å². The average Bonchev–Trinajstić information content (AvgIpc) is 2.43. The normalized spacial score (nSPS) is 31.6. The molecular formula is C19H27NO. The summed E-state index contributed by atoms with van der Waals surface area (Å²) in [6.07, 6.45) is 4.64. The number of likely N-dealkylation sites (tertiary alicyclic amines) is 1. The summed E-state index contributed by atoms with van der Waals surface area (Å²) in [6.45, 7) is 11.4. The summed E-state index contributed by atoms with van der Waals surface area (Å²) < 4.78 is 0. The second-order valence-corrected chi connectivity index (χ2v) is 7.35. The summed E-state index contributed by atoms with van der Waals surface area (Å²) in [5.41, 5.74) is 4.42. The van der Waals surface area contributed by atoms with Gasteiger partial charge in [-0.3, -0.25) is 4.90 Å². The number of benzene rings is 1. The number of aromatic hydroxyl groups is 1. The molecule has 3 rings (SSSR count). The summed E-state index contributed by atoms with van der Waals surface area (Å²) in [6, 6.07) is 6.60. The molecular weight excluding hydrogens is 258 g/mol. The molecule has 2 aliphatic rings. The number of fused-ring (bicyclic) bond motifs is 4. The average molecular weight is 285 g/mol. The Morgan fingerprint density at radius 3 is 2.90 bits per heavy atom. The van der Waals surface area contributed by atoms with Crippen molar-refractivity contribution in [2.24, 2.45) is 5.92 Å². The van der Waals surface area contributed by atoms with Crippen LogP contribution in [0.5, 0.6) is 5.75 Å². The van der Waals surface area contributed by atoms with Crippen molar-refractivity contribution in [1.82, 2.24) is 4.90 Å². The van der Waals surface area contributed by atoms with E-state index in [1.807, 2.05) is 12.1 Å². The Kier molecular flexibility index (Phi) is 3.61. The molecule has 2 nitrogen and oxygen atoms in total. The van der Waals surface area contributed by atoms with E-state index in [0.717, 1.165) is 19.5 Å². The highest BCUT2D eigenvalue weighted by Crippen LogP contribution is 2.49. The monoisotopic (exact) mass is 285 g/mol. The van der Waals surface area contributed by atoms with Gasteiger partial charge < -0.3 is 5.11 Å². The Morgan fingerprint density at radius 1 is 1.43 bits per heavy atom. The molecule has 3 atom stereocenters. The van der Waals surface area contributed by atoms with E-state index >= 15 is 0 Å². The largest absolute Gasteiger partial charge is 0.508 e. The fraction of sp³-hybridized carbons (Fsp3) is 0.579. The molecule has 0 amide bonds. The van der Waals surface area contributed by atoms with Gasteiger partial charge in [0.1, 0.15) is 5.75 Å².